The van der Waals surface area contributed by atoms with Gasteiger partial charge in [-0.05, 0) is 18.4 Å². The molecule has 0 spiro atoms. The number of nitrogens with one attached hydrogen (secondary N) is 1. The zero-order chi connectivity index (χ0) is 15.9. The van der Waals surface area contributed by atoms with Crippen LogP contribution in [0.4, 0.5) is 13.2 Å². The summed E-state index contributed by atoms with van der Waals surface area (Å²) in [6.07, 6.45) is -4.44. The van der Waals surface area contributed by atoms with Crippen LogP contribution in [-0.4, -0.2) is 23.6 Å². The van der Waals surface area contributed by atoms with Crippen LogP contribution in [0.3, 0.4) is 0 Å². The van der Waals surface area contributed by atoms with E-state index in [4.69, 9.17) is 18.0 Å². The van der Waals surface area contributed by atoms with E-state index >= 15 is 0 Å². The highest BCUT2D eigenvalue weighted by Gasteiger charge is 2.25. The fraction of sp³-hybridized carbons (Fsp3) is 0.429. The predicted octanol–water partition coefficient (Wildman–Crippen LogP) is 2.71. The summed E-state index contributed by atoms with van der Waals surface area (Å²) in [5, 5.41) is 2.60. The van der Waals surface area contributed by atoms with Crippen molar-refractivity contribution in [3.05, 3.63) is 35.4 Å². The van der Waals surface area contributed by atoms with Gasteiger partial charge in [-0.15, -0.1) is 0 Å². The van der Waals surface area contributed by atoms with Crippen molar-refractivity contribution in [1.82, 2.24) is 5.32 Å². The fourth-order valence-corrected chi connectivity index (χ4v) is 1.85. The third-order valence-corrected chi connectivity index (χ3v) is 3.05. The molecule has 1 rings (SSSR count). The molecular formula is C14H17F3N2OS. The quantitative estimate of drug-likeness (QED) is 0.600. The number of alkyl halides is 3. The zero-order valence-corrected chi connectivity index (χ0v) is 12.2. The lowest BCUT2D eigenvalue weighted by Gasteiger charge is -2.07. The Labute approximate surface area is 126 Å². The Balaban J connectivity index is 2.26. The number of nitrogens with two attached hydrogens (primary N) is 1. The van der Waals surface area contributed by atoms with Crippen molar-refractivity contribution >= 4 is 23.1 Å². The first-order valence-electron chi connectivity index (χ1n) is 6.50. The smallest absolute Gasteiger partial charge is 0.389 e. The van der Waals surface area contributed by atoms with Gasteiger partial charge >= 0.3 is 6.18 Å². The van der Waals surface area contributed by atoms with Gasteiger partial charge in [0.1, 0.15) is 4.99 Å². The maximum atomic E-state index is 11.9. The van der Waals surface area contributed by atoms with Crippen LogP contribution in [0.1, 0.15) is 30.4 Å². The van der Waals surface area contributed by atoms with Gasteiger partial charge in [0.25, 0.3) is 0 Å². The molecule has 0 saturated carbocycles. The van der Waals surface area contributed by atoms with E-state index in [0.717, 1.165) is 11.1 Å². The van der Waals surface area contributed by atoms with Gasteiger partial charge in [-0.2, -0.15) is 13.2 Å². The van der Waals surface area contributed by atoms with Crippen molar-refractivity contribution in [2.75, 3.05) is 6.54 Å². The predicted molar refractivity (Wildman–Crippen MR) is 78.9 cm³/mol. The van der Waals surface area contributed by atoms with Gasteiger partial charge in [0.15, 0.2) is 0 Å². The Bertz CT molecular complexity index is 486. The minimum atomic E-state index is -4.13. The minimum Gasteiger partial charge on any atom is -0.389 e. The summed E-state index contributed by atoms with van der Waals surface area (Å²) in [6, 6.07) is 6.96. The number of carbonyl (C=O) groups excluding carboxylic acids is 1. The monoisotopic (exact) mass is 318 g/mol. The van der Waals surface area contributed by atoms with Crippen LogP contribution in [0.5, 0.6) is 0 Å². The van der Waals surface area contributed by atoms with Crippen molar-refractivity contribution in [1.29, 1.82) is 0 Å². The first-order valence-corrected chi connectivity index (χ1v) is 6.91. The van der Waals surface area contributed by atoms with E-state index in [0.29, 0.717) is 6.42 Å². The fourth-order valence-electron chi connectivity index (χ4n) is 1.71. The highest BCUT2D eigenvalue weighted by atomic mass is 32.1. The average Bonchev–Trinajstić information content (AvgIpc) is 2.37. The second-order valence-electron chi connectivity index (χ2n) is 4.66. The van der Waals surface area contributed by atoms with Crippen molar-refractivity contribution in [3.8, 4) is 0 Å². The van der Waals surface area contributed by atoms with Crippen LogP contribution < -0.4 is 11.1 Å². The zero-order valence-electron chi connectivity index (χ0n) is 11.4. The molecule has 1 aromatic carbocycles. The molecule has 3 N–H and O–H groups in total. The highest BCUT2D eigenvalue weighted by molar-refractivity contribution is 7.80. The summed E-state index contributed by atoms with van der Waals surface area (Å²) in [6.45, 7) is 0.250. The summed E-state index contributed by atoms with van der Waals surface area (Å²) in [5.74, 6) is -0.218. The van der Waals surface area contributed by atoms with Gasteiger partial charge in [-0.25, -0.2) is 0 Å². The number of thiocarbonyl (C=S) groups is 1. The third-order valence-electron chi connectivity index (χ3n) is 2.81. The molecule has 0 atom stereocenters. The number of halogens is 3. The van der Waals surface area contributed by atoms with Gasteiger partial charge < -0.3 is 11.1 Å². The number of hydrogen-bond acceptors (Lipinski definition) is 2. The standard InChI is InChI=1S/C14H17F3N2OS/c15-14(16,17)7-1-2-8-19-12(20)9-10-3-5-11(6-4-10)13(18)21/h3-6H,1-2,7-9H2,(H2,18,21)(H,19,20). The van der Waals surface area contributed by atoms with Crippen molar-refractivity contribution in [2.24, 2.45) is 5.73 Å². The average molecular weight is 318 g/mol. The lowest BCUT2D eigenvalue weighted by atomic mass is 10.1. The Kier molecular flexibility index (Phi) is 6.61. The molecule has 0 aliphatic rings. The van der Waals surface area contributed by atoms with Gasteiger partial charge in [0.05, 0.1) is 6.42 Å². The Morgan fingerprint density at radius 1 is 1.19 bits per heavy atom. The summed E-state index contributed by atoms with van der Waals surface area (Å²) in [4.78, 5) is 11.9. The first kappa shape index (κ1) is 17.4. The van der Waals surface area contributed by atoms with Crippen LogP contribution in [0.2, 0.25) is 0 Å². The maximum Gasteiger partial charge on any atom is 0.389 e. The van der Waals surface area contributed by atoms with E-state index in [1.165, 1.54) is 0 Å². The molecular weight excluding hydrogens is 301 g/mol. The number of carbonyl (C=O) groups is 1. The molecule has 0 aliphatic heterocycles. The van der Waals surface area contributed by atoms with E-state index in [1.54, 1.807) is 24.3 Å². The molecule has 0 heterocycles. The number of benzene rings is 1. The molecule has 0 radical (unpaired) electrons. The number of rotatable bonds is 7. The van der Waals surface area contributed by atoms with E-state index in [1.807, 2.05) is 0 Å². The molecule has 0 unspecified atom stereocenters. The number of hydrogen-bond donors (Lipinski definition) is 2. The number of amides is 1. The molecule has 7 heteroatoms. The van der Waals surface area contributed by atoms with E-state index < -0.39 is 12.6 Å². The van der Waals surface area contributed by atoms with Gasteiger partial charge in [0.2, 0.25) is 5.91 Å². The second kappa shape index (κ2) is 7.97. The molecule has 1 amide bonds. The van der Waals surface area contributed by atoms with E-state index in [9.17, 15) is 18.0 Å². The SMILES string of the molecule is NC(=S)c1ccc(CC(=O)NCCCCC(F)(F)F)cc1. The molecule has 0 aromatic heterocycles. The van der Waals surface area contributed by atoms with Crippen LogP contribution >= 0.6 is 12.2 Å². The highest BCUT2D eigenvalue weighted by Crippen LogP contribution is 2.21. The Hall–Kier alpha value is -1.63. The second-order valence-corrected chi connectivity index (χ2v) is 5.10. The Morgan fingerprint density at radius 2 is 1.81 bits per heavy atom. The van der Waals surface area contributed by atoms with Gasteiger partial charge in [-0.3, -0.25) is 4.79 Å². The Morgan fingerprint density at radius 3 is 2.33 bits per heavy atom. The van der Waals surface area contributed by atoms with Gasteiger partial charge in [0, 0.05) is 18.5 Å². The van der Waals surface area contributed by atoms with E-state index in [2.05, 4.69) is 5.32 Å². The molecule has 0 saturated heterocycles. The van der Waals surface area contributed by atoms with Crippen LogP contribution in [0.25, 0.3) is 0 Å². The first-order chi connectivity index (χ1) is 9.78. The maximum absolute atomic E-state index is 11.9. The molecule has 21 heavy (non-hydrogen) atoms. The lowest BCUT2D eigenvalue weighted by Crippen LogP contribution is -2.26. The van der Waals surface area contributed by atoms with Gasteiger partial charge in [-0.1, -0.05) is 36.5 Å². The van der Waals surface area contributed by atoms with Crippen LogP contribution in [0, 0.1) is 0 Å². The van der Waals surface area contributed by atoms with Crippen molar-refractivity contribution < 1.29 is 18.0 Å². The summed E-state index contributed by atoms with van der Waals surface area (Å²) < 4.78 is 35.7. The summed E-state index contributed by atoms with van der Waals surface area (Å²) in [5.41, 5.74) is 6.98. The molecule has 116 valence electrons. The third kappa shape index (κ3) is 7.65. The molecule has 3 nitrogen and oxygen atoms in total. The normalized spacial score (nSPS) is 11.2. The van der Waals surface area contributed by atoms with Crippen molar-refractivity contribution in [2.45, 2.75) is 31.9 Å². The van der Waals surface area contributed by atoms with Crippen LogP contribution in [-0.2, 0) is 11.2 Å². The molecule has 1 aromatic rings. The molecule has 0 aliphatic carbocycles. The largest absolute Gasteiger partial charge is 0.389 e. The minimum absolute atomic E-state index is 0.0203. The lowest BCUT2D eigenvalue weighted by molar-refractivity contribution is -0.135. The van der Waals surface area contributed by atoms with E-state index in [-0.39, 0.29) is 30.3 Å². The van der Waals surface area contributed by atoms with Crippen molar-refractivity contribution in [3.63, 3.8) is 0 Å². The summed E-state index contributed by atoms with van der Waals surface area (Å²) in [7, 11) is 0. The molecule has 0 fully saturated rings. The number of unbranched alkanes of at least 4 members (excludes halogenated alkanes) is 1. The molecule has 0 bridgehead atoms. The topological polar surface area (TPSA) is 55.1 Å². The van der Waals surface area contributed by atoms with Crippen LogP contribution in [0.15, 0.2) is 24.3 Å². The summed E-state index contributed by atoms with van der Waals surface area (Å²) >= 11 is 4.82.